The number of nitrogens with zero attached hydrogens (tertiary/aromatic N) is 1. The van der Waals surface area contributed by atoms with Crippen LogP contribution in [-0.4, -0.2) is 12.4 Å². The normalized spacial score (nSPS) is 14.8. The van der Waals surface area contributed by atoms with Gasteiger partial charge in [-0.25, -0.2) is 9.38 Å². The van der Waals surface area contributed by atoms with Crippen molar-refractivity contribution in [2.45, 2.75) is 26.4 Å². The minimum Gasteiger partial charge on any atom is -0.385 e. The summed E-state index contributed by atoms with van der Waals surface area (Å²) < 4.78 is 14.1. The highest BCUT2D eigenvalue weighted by molar-refractivity contribution is 6.31. The van der Waals surface area contributed by atoms with Crippen molar-refractivity contribution < 1.29 is 4.39 Å². The molecule has 0 aliphatic carbocycles. The van der Waals surface area contributed by atoms with Crippen LogP contribution in [0.25, 0.3) is 5.70 Å². The van der Waals surface area contributed by atoms with Gasteiger partial charge in [-0.15, -0.1) is 0 Å². The average Bonchev–Trinajstić information content (AvgIpc) is 2.78. The number of amidine groups is 1. The first kappa shape index (κ1) is 21.9. The van der Waals surface area contributed by atoms with E-state index in [9.17, 15) is 4.39 Å². The topological polar surface area (TPSA) is 48.5 Å². The Hall–Kier alpha value is -3.31. The van der Waals surface area contributed by atoms with Gasteiger partial charge in [0.1, 0.15) is 17.8 Å². The van der Waals surface area contributed by atoms with Crippen LogP contribution in [0, 0.1) is 12.7 Å². The molecule has 0 spiro atoms. The molecule has 32 heavy (non-hydrogen) atoms. The van der Waals surface area contributed by atoms with E-state index >= 15 is 0 Å². The van der Waals surface area contributed by atoms with Crippen LogP contribution in [0.5, 0.6) is 0 Å². The van der Waals surface area contributed by atoms with Crippen LogP contribution in [0.4, 0.5) is 15.8 Å². The lowest BCUT2D eigenvalue weighted by atomic mass is 10.0. The molecular weight excluding hydrogens is 423 g/mol. The van der Waals surface area contributed by atoms with E-state index in [1.807, 2.05) is 49.4 Å². The maximum absolute atomic E-state index is 14.1. The average molecular weight is 449 g/mol. The molecule has 3 aromatic rings. The maximum Gasteiger partial charge on any atom is 0.148 e. The number of aliphatic imine (C=N–C) groups is 1. The molecule has 0 radical (unpaired) electrons. The maximum atomic E-state index is 14.1. The summed E-state index contributed by atoms with van der Waals surface area (Å²) in [5.74, 6) is 0.335. The highest BCUT2D eigenvalue weighted by atomic mass is 35.5. The van der Waals surface area contributed by atoms with Crippen molar-refractivity contribution in [3.63, 3.8) is 0 Å². The van der Waals surface area contributed by atoms with Crippen LogP contribution < -0.4 is 16.0 Å². The third-order valence-electron chi connectivity index (χ3n) is 5.42. The predicted octanol–water partition coefficient (Wildman–Crippen LogP) is 6.74. The largest absolute Gasteiger partial charge is 0.385 e. The Morgan fingerprint density at radius 1 is 1.16 bits per heavy atom. The van der Waals surface area contributed by atoms with Crippen LogP contribution >= 0.6 is 11.6 Å². The number of aryl methyl sites for hydroxylation is 1. The van der Waals surface area contributed by atoms with Crippen LogP contribution in [0.2, 0.25) is 5.02 Å². The molecule has 3 N–H and O–H groups in total. The van der Waals surface area contributed by atoms with E-state index in [4.69, 9.17) is 16.6 Å². The monoisotopic (exact) mass is 448 g/mol. The zero-order chi connectivity index (χ0) is 22.7. The molecule has 1 unspecified atom stereocenters. The number of benzene rings is 3. The molecule has 3 aromatic carbocycles. The molecule has 6 heteroatoms. The van der Waals surface area contributed by atoms with Crippen molar-refractivity contribution in [2.75, 3.05) is 17.2 Å². The minimum atomic E-state index is -0.362. The lowest BCUT2D eigenvalue weighted by Crippen LogP contribution is -2.30. The molecule has 1 aliphatic rings. The third kappa shape index (κ3) is 4.48. The summed E-state index contributed by atoms with van der Waals surface area (Å²) >= 11 is 6.53. The molecule has 1 aliphatic heterocycles. The smallest absolute Gasteiger partial charge is 0.148 e. The number of rotatable bonds is 6. The summed E-state index contributed by atoms with van der Waals surface area (Å²) in [6.45, 7) is 9.08. The van der Waals surface area contributed by atoms with Gasteiger partial charge >= 0.3 is 0 Å². The van der Waals surface area contributed by atoms with E-state index < -0.39 is 0 Å². The van der Waals surface area contributed by atoms with Crippen LogP contribution in [0.1, 0.15) is 41.8 Å². The molecule has 4 nitrogen and oxygen atoms in total. The van der Waals surface area contributed by atoms with E-state index in [1.165, 1.54) is 12.1 Å². The molecule has 1 atom stereocenters. The van der Waals surface area contributed by atoms with Gasteiger partial charge in [0.15, 0.2) is 0 Å². The molecule has 0 aromatic heterocycles. The summed E-state index contributed by atoms with van der Waals surface area (Å²) in [5, 5.41) is 10.8. The molecule has 164 valence electrons. The van der Waals surface area contributed by atoms with Crippen molar-refractivity contribution in [3.8, 4) is 0 Å². The highest BCUT2D eigenvalue weighted by Crippen LogP contribution is 2.35. The lowest BCUT2D eigenvalue weighted by Gasteiger charge is -2.28. The van der Waals surface area contributed by atoms with Gasteiger partial charge in [0.05, 0.1) is 0 Å². The molecule has 0 saturated heterocycles. The van der Waals surface area contributed by atoms with Crippen LogP contribution in [0.15, 0.2) is 72.2 Å². The van der Waals surface area contributed by atoms with Gasteiger partial charge in [0.2, 0.25) is 0 Å². The SMILES string of the molecule is C=C(NC1=NC(c2c(C)cccc2Cl)Nc2ccccc21)c1cc(F)ccc1NCCC. The molecule has 0 saturated carbocycles. The Morgan fingerprint density at radius 3 is 2.75 bits per heavy atom. The zero-order valence-corrected chi connectivity index (χ0v) is 18.9. The van der Waals surface area contributed by atoms with Gasteiger partial charge < -0.3 is 16.0 Å². The van der Waals surface area contributed by atoms with Gasteiger partial charge in [-0.2, -0.15) is 0 Å². The second-order valence-corrected chi connectivity index (χ2v) is 8.17. The Bertz CT molecular complexity index is 1170. The second kappa shape index (κ2) is 9.45. The van der Waals surface area contributed by atoms with Gasteiger partial charge in [-0.3, -0.25) is 0 Å². The first-order valence-corrected chi connectivity index (χ1v) is 11.0. The number of halogens is 2. The fourth-order valence-electron chi connectivity index (χ4n) is 3.81. The molecule has 0 amide bonds. The van der Waals surface area contributed by atoms with E-state index in [-0.39, 0.29) is 12.0 Å². The van der Waals surface area contributed by atoms with E-state index in [1.54, 1.807) is 6.07 Å². The number of hydrogen-bond acceptors (Lipinski definition) is 4. The molecule has 4 rings (SSSR count). The number of fused-ring (bicyclic) bond motifs is 1. The summed E-state index contributed by atoms with van der Waals surface area (Å²) in [4.78, 5) is 4.93. The van der Waals surface area contributed by atoms with E-state index in [0.717, 1.165) is 41.0 Å². The first-order chi connectivity index (χ1) is 15.5. The van der Waals surface area contributed by atoms with Crippen LogP contribution in [-0.2, 0) is 0 Å². The summed E-state index contributed by atoms with van der Waals surface area (Å²) in [7, 11) is 0. The first-order valence-electron chi connectivity index (χ1n) is 10.7. The molecule has 1 heterocycles. The number of para-hydroxylation sites is 1. The van der Waals surface area contributed by atoms with Gasteiger partial charge in [0.25, 0.3) is 0 Å². The zero-order valence-electron chi connectivity index (χ0n) is 18.2. The predicted molar refractivity (Wildman–Crippen MR) is 133 cm³/mol. The number of hydrogen-bond donors (Lipinski definition) is 3. The Labute approximate surface area is 193 Å². The van der Waals surface area contributed by atoms with Crippen molar-refractivity contribution >= 4 is 34.5 Å². The quantitative estimate of drug-likeness (QED) is 0.391. The molecule has 0 fully saturated rings. The van der Waals surface area contributed by atoms with Crippen LogP contribution in [0.3, 0.4) is 0 Å². The lowest BCUT2D eigenvalue weighted by molar-refractivity contribution is 0.627. The Kier molecular flexibility index (Phi) is 6.47. The minimum absolute atomic E-state index is 0.317. The molecular formula is C26H26ClFN4. The summed E-state index contributed by atoms with van der Waals surface area (Å²) in [6, 6.07) is 18.4. The van der Waals surface area contributed by atoms with Gasteiger partial charge in [-0.1, -0.05) is 49.4 Å². The van der Waals surface area contributed by atoms with Gasteiger partial charge in [-0.05, 0) is 55.3 Å². The van der Waals surface area contributed by atoms with Crippen molar-refractivity contribution in [1.29, 1.82) is 0 Å². The second-order valence-electron chi connectivity index (χ2n) is 7.76. The Balaban J connectivity index is 1.72. The van der Waals surface area contributed by atoms with Gasteiger partial charge in [0, 0.05) is 45.3 Å². The number of nitrogens with one attached hydrogen (secondary N) is 3. The third-order valence-corrected chi connectivity index (χ3v) is 5.75. The van der Waals surface area contributed by atoms with E-state index in [0.29, 0.717) is 22.1 Å². The Morgan fingerprint density at radius 2 is 1.97 bits per heavy atom. The number of anilines is 2. The fraction of sp³-hybridized carbons (Fsp3) is 0.192. The van der Waals surface area contributed by atoms with Crippen molar-refractivity contribution in [1.82, 2.24) is 5.32 Å². The fourth-order valence-corrected chi connectivity index (χ4v) is 4.14. The summed E-state index contributed by atoms with van der Waals surface area (Å²) in [6.07, 6.45) is 0.598. The standard InChI is InChI=1S/C26H26ClFN4/c1-4-14-29-22-13-12-18(28)15-20(22)17(3)30-25-19-9-5-6-11-23(19)31-26(32-25)24-16(2)8-7-10-21(24)27/h5-13,15,26,29,31H,3-4,14H2,1-2H3,(H,30,32). The van der Waals surface area contributed by atoms with Crippen molar-refractivity contribution in [2.24, 2.45) is 4.99 Å². The highest BCUT2D eigenvalue weighted by Gasteiger charge is 2.25. The van der Waals surface area contributed by atoms with Crippen molar-refractivity contribution in [3.05, 3.63) is 100 Å². The van der Waals surface area contributed by atoms with E-state index in [2.05, 4.69) is 29.5 Å². The summed E-state index contributed by atoms with van der Waals surface area (Å²) in [5.41, 5.74) is 5.87. The molecule has 0 bridgehead atoms.